The molecule has 0 N–H and O–H groups in total. The fourth-order valence-corrected chi connectivity index (χ4v) is 1.67. The molecular weight excluding hydrogens is 244 g/mol. The molecule has 0 aromatic heterocycles. The summed E-state index contributed by atoms with van der Waals surface area (Å²) in [5.41, 5.74) is 0.0344. The molecule has 1 aromatic carbocycles. The van der Waals surface area contributed by atoms with E-state index in [-0.39, 0.29) is 0 Å². The zero-order chi connectivity index (χ0) is 14.6. The first-order valence-electron chi connectivity index (χ1n) is 5.86. The molecule has 0 saturated heterocycles. The summed E-state index contributed by atoms with van der Waals surface area (Å²) in [5.74, 6) is 1.84. The van der Waals surface area contributed by atoms with Gasteiger partial charge in [-0.1, -0.05) is 0 Å². The molecule has 0 radical (unpaired) electrons. The molecule has 0 atom stereocenters. The molecule has 0 heterocycles. The van der Waals surface area contributed by atoms with E-state index in [0.29, 0.717) is 17.2 Å². The van der Waals surface area contributed by atoms with Gasteiger partial charge in [0.2, 0.25) is 0 Å². The van der Waals surface area contributed by atoms with Crippen LogP contribution in [0.4, 0.5) is 5.69 Å². The minimum Gasteiger partial charge on any atom is -0.496 e. The third-order valence-electron chi connectivity index (χ3n) is 3.14. The second kappa shape index (κ2) is 5.70. The van der Waals surface area contributed by atoms with Crippen molar-refractivity contribution in [2.24, 2.45) is 0 Å². The lowest BCUT2D eigenvalue weighted by Gasteiger charge is -2.33. The Bertz CT molecular complexity index is 467. The topological polar surface area (TPSA) is 54.7 Å². The number of ether oxygens (including phenoxy) is 3. The average molecular weight is 264 g/mol. The maximum Gasteiger partial charge on any atom is 0.149 e. The van der Waals surface area contributed by atoms with E-state index >= 15 is 0 Å². The van der Waals surface area contributed by atoms with E-state index in [1.54, 1.807) is 33.5 Å². The quantitative estimate of drug-likeness (QED) is 0.817. The van der Waals surface area contributed by atoms with Crippen molar-refractivity contribution in [2.45, 2.75) is 19.4 Å². The van der Waals surface area contributed by atoms with Gasteiger partial charge in [0, 0.05) is 19.2 Å². The Kier molecular flexibility index (Phi) is 4.49. The van der Waals surface area contributed by atoms with Crippen LogP contribution in [0.15, 0.2) is 12.1 Å². The molecule has 104 valence electrons. The molecule has 0 aliphatic carbocycles. The van der Waals surface area contributed by atoms with E-state index in [4.69, 9.17) is 14.2 Å². The van der Waals surface area contributed by atoms with Gasteiger partial charge in [-0.15, -0.1) is 0 Å². The fraction of sp³-hybridized carbons (Fsp3) is 0.500. The maximum atomic E-state index is 9.26. The van der Waals surface area contributed by atoms with Crippen molar-refractivity contribution >= 4 is 5.69 Å². The van der Waals surface area contributed by atoms with Gasteiger partial charge in [-0.25, -0.2) is 0 Å². The number of nitriles is 1. The van der Waals surface area contributed by atoms with E-state index in [2.05, 4.69) is 6.07 Å². The Labute approximate surface area is 114 Å². The molecular formula is C14H20N2O3. The fourth-order valence-electron chi connectivity index (χ4n) is 1.67. The van der Waals surface area contributed by atoms with Gasteiger partial charge in [-0.2, -0.15) is 5.26 Å². The highest BCUT2D eigenvalue weighted by Gasteiger charge is 2.28. The largest absolute Gasteiger partial charge is 0.496 e. The van der Waals surface area contributed by atoms with Gasteiger partial charge < -0.3 is 19.1 Å². The lowest BCUT2D eigenvalue weighted by Crippen LogP contribution is -2.40. The SMILES string of the molecule is COc1cc(OC)c(N(C)C(C)(C)C#N)c(OC)c1. The highest BCUT2D eigenvalue weighted by Crippen LogP contribution is 2.43. The van der Waals surface area contributed by atoms with Gasteiger partial charge in [0.15, 0.2) is 0 Å². The first-order valence-corrected chi connectivity index (χ1v) is 5.86. The lowest BCUT2D eigenvalue weighted by molar-refractivity contribution is 0.373. The third-order valence-corrected chi connectivity index (χ3v) is 3.14. The summed E-state index contributed by atoms with van der Waals surface area (Å²) in [4.78, 5) is 1.82. The molecule has 1 aromatic rings. The summed E-state index contributed by atoms with van der Waals surface area (Å²) < 4.78 is 16.0. The molecule has 19 heavy (non-hydrogen) atoms. The van der Waals surface area contributed by atoms with Gasteiger partial charge in [0.25, 0.3) is 0 Å². The van der Waals surface area contributed by atoms with E-state index < -0.39 is 5.54 Å². The average Bonchev–Trinajstić information content (AvgIpc) is 2.44. The Morgan fingerprint density at radius 1 is 1.05 bits per heavy atom. The Morgan fingerprint density at radius 2 is 1.53 bits per heavy atom. The van der Waals surface area contributed by atoms with Crippen molar-refractivity contribution in [2.75, 3.05) is 33.3 Å². The van der Waals surface area contributed by atoms with E-state index in [9.17, 15) is 5.26 Å². The van der Waals surface area contributed by atoms with Crippen molar-refractivity contribution < 1.29 is 14.2 Å². The first kappa shape index (κ1) is 15.0. The molecule has 0 aliphatic heterocycles. The van der Waals surface area contributed by atoms with Crippen LogP contribution in [0.1, 0.15) is 13.8 Å². The summed E-state index contributed by atoms with van der Waals surface area (Å²) in [5, 5.41) is 9.26. The first-order chi connectivity index (χ1) is 8.91. The zero-order valence-corrected chi connectivity index (χ0v) is 12.3. The molecule has 5 nitrogen and oxygen atoms in total. The third kappa shape index (κ3) is 2.84. The van der Waals surface area contributed by atoms with Crippen molar-refractivity contribution in [3.63, 3.8) is 0 Å². The Morgan fingerprint density at radius 3 is 1.84 bits per heavy atom. The molecule has 0 saturated carbocycles. The molecule has 0 bridgehead atoms. The van der Waals surface area contributed by atoms with Crippen molar-refractivity contribution in [1.82, 2.24) is 0 Å². The highest BCUT2D eigenvalue weighted by atomic mass is 16.5. The minimum atomic E-state index is -0.685. The molecule has 0 fully saturated rings. The van der Waals surface area contributed by atoms with Gasteiger partial charge >= 0.3 is 0 Å². The van der Waals surface area contributed by atoms with Gasteiger partial charge in [-0.3, -0.25) is 0 Å². The Balaban J connectivity index is 3.45. The molecule has 0 amide bonds. The van der Waals surface area contributed by atoms with Crippen molar-refractivity contribution in [1.29, 1.82) is 5.26 Å². The van der Waals surface area contributed by atoms with Crippen LogP contribution in [0.2, 0.25) is 0 Å². The van der Waals surface area contributed by atoms with Gasteiger partial charge in [0.1, 0.15) is 28.5 Å². The van der Waals surface area contributed by atoms with Crippen LogP contribution in [0.3, 0.4) is 0 Å². The monoisotopic (exact) mass is 264 g/mol. The summed E-state index contributed by atoms with van der Waals surface area (Å²) in [6.07, 6.45) is 0. The summed E-state index contributed by atoms with van der Waals surface area (Å²) in [6, 6.07) is 5.79. The summed E-state index contributed by atoms with van der Waals surface area (Å²) >= 11 is 0. The van der Waals surface area contributed by atoms with Crippen LogP contribution >= 0.6 is 0 Å². The number of nitrogens with zero attached hydrogens (tertiary/aromatic N) is 2. The van der Waals surface area contributed by atoms with Crippen molar-refractivity contribution in [3.8, 4) is 23.3 Å². The molecule has 0 aliphatic rings. The number of hydrogen-bond donors (Lipinski definition) is 0. The molecule has 5 heteroatoms. The number of methoxy groups -OCH3 is 3. The van der Waals surface area contributed by atoms with Crippen LogP contribution in [-0.4, -0.2) is 33.9 Å². The number of rotatable bonds is 5. The van der Waals surface area contributed by atoms with Crippen LogP contribution in [0.25, 0.3) is 0 Å². The predicted octanol–water partition coefficient (Wildman–Crippen LogP) is 2.45. The van der Waals surface area contributed by atoms with Crippen LogP contribution in [0.5, 0.6) is 17.2 Å². The lowest BCUT2D eigenvalue weighted by atomic mass is 10.0. The van der Waals surface area contributed by atoms with Crippen LogP contribution in [-0.2, 0) is 0 Å². The minimum absolute atomic E-state index is 0.599. The normalized spacial score (nSPS) is 10.6. The Hall–Kier alpha value is -2.09. The van der Waals surface area contributed by atoms with Crippen LogP contribution < -0.4 is 19.1 Å². The van der Waals surface area contributed by atoms with E-state index in [0.717, 1.165) is 5.69 Å². The second-order valence-corrected chi connectivity index (χ2v) is 4.61. The highest BCUT2D eigenvalue weighted by molar-refractivity contribution is 5.71. The van der Waals surface area contributed by atoms with E-state index in [1.165, 1.54) is 0 Å². The second-order valence-electron chi connectivity index (χ2n) is 4.61. The van der Waals surface area contributed by atoms with E-state index in [1.807, 2.05) is 25.8 Å². The predicted molar refractivity (Wildman–Crippen MR) is 74.2 cm³/mol. The van der Waals surface area contributed by atoms with Gasteiger partial charge in [-0.05, 0) is 13.8 Å². The molecule has 0 spiro atoms. The van der Waals surface area contributed by atoms with Crippen LogP contribution in [0, 0.1) is 11.3 Å². The zero-order valence-electron chi connectivity index (χ0n) is 12.3. The number of hydrogen-bond acceptors (Lipinski definition) is 5. The molecule has 1 rings (SSSR count). The smallest absolute Gasteiger partial charge is 0.149 e. The molecule has 0 unspecified atom stereocenters. The standard InChI is InChI=1S/C14H20N2O3/c1-14(2,9-15)16(3)13-11(18-5)7-10(17-4)8-12(13)19-6/h7-8H,1-6H3. The number of benzene rings is 1. The van der Waals surface area contributed by atoms with Gasteiger partial charge in [0.05, 0.1) is 27.4 Å². The summed E-state index contributed by atoms with van der Waals surface area (Å²) in [7, 11) is 6.56. The summed E-state index contributed by atoms with van der Waals surface area (Å²) in [6.45, 7) is 3.66. The van der Waals surface area contributed by atoms with Crippen molar-refractivity contribution in [3.05, 3.63) is 12.1 Å². The maximum absolute atomic E-state index is 9.26. The number of anilines is 1.